The number of nitrogens with zero attached hydrogens (tertiary/aromatic N) is 1. The first-order valence-electron chi connectivity index (χ1n) is 6.19. The maximum atomic E-state index is 13.1. The van der Waals surface area contributed by atoms with Gasteiger partial charge in [0.25, 0.3) is 5.91 Å². The standard InChI is InChI=1S/C14H17BrFNO3/c1-9(2)17(7-6-13(18)20-3)14(19)11-5-4-10(16)8-12(11)15/h4-5,8-9H,6-7H2,1-3H3. The molecular weight excluding hydrogens is 329 g/mol. The molecule has 0 aliphatic carbocycles. The van der Waals surface area contributed by atoms with Crippen molar-refractivity contribution in [2.24, 2.45) is 0 Å². The second kappa shape index (κ2) is 7.38. The van der Waals surface area contributed by atoms with Gasteiger partial charge < -0.3 is 9.64 Å². The van der Waals surface area contributed by atoms with E-state index in [4.69, 9.17) is 0 Å². The zero-order chi connectivity index (χ0) is 15.3. The van der Waals surface area contributed by atoms with Gasteiger partial charge in [-0.05, 0) is 48.0 Å². The number of esters is 1. The predicted octanol–water partition coefficient (Wildman–Crippen LogP) is 3.00. The summed E-state index contributed by atoms with van der Waals surface area (Å²) in [6, 6.07) is 3.82. The number of ether oxygens (including phenoxy) is 1. The lowest BCUT2D eigenvalue weighted by atomic mass is 10.1. The van der Waals surface area contributed by atoms with Crippen LogP contribution in [0.3, 0.4) is 0 Å². The highest BCUT2D eigenvalue weighted by Gasteiger charge is 2.21. The largest absolute Gasteiger partial charge is 0.469 e. The van der Waals surface area contributed by atoms with Crippen molar-refractivity contribution in [3.05, 3.63) is 34.1 Å². The van der Waals surface area contributed by atoms with Gasteiger partial charge in [-0.25, -0.2) is 4.39 Å². The number of methoxy groups -OCH3 is 1. The van der Waals surface area contributed by atoms with Crippen LogP contribution in [-0.2, 0) is 9.53 Å². The van der Waals surface area contributed by atoms with E-state index < -0.39 is 5.82 Å². The molecule has 0 heterocycles. The number of rotatable bonds is 5. The molecule has 1 amide bonds. The van der Waals surface area contributed by atoms with Crippen molar-refractivity contribution in [3.63, 3.8) is 0 Å². The van der Waals surface area contributed by atoms with Crippen LogP contribution in [0.2, 0.25) is 0 Å². The van der Waals surface area contributed by atoms with Crippen molar-refractivity contribution < 1.29 is 18.7 Å². The Hall–Kier alpha value is -1.43. The molecule has 0 saturated carbocycles. The zero-order valence-corrected chi connectivity index (χ0v) is 13.2. The number of halogens is 2. The summed E-state index contributed by atoms with van der Waals surface area (Å²) in [7, 11) is 1.31. The van der Waals surface area contributed by atoms with Crippen LogP contribution >= 0.6 is 15.9 Å². The number of hydrogen-bond acceptors (Lipinski definition) is 3. The highest BCUT2D eigenvalue weighted by Crippen LogP contribution is 2.21. The Morgan fingerprint density at radius 3 is 2.55 bits per heavy atom. The number of carbonyl (C=O) groups excluding carboxylic acids is 2. The smallest absolute Gasteiger partial charge is 0.307 e. The fraction of sp³-hybridized carbons (Fsp3) is 0.429. The van der Waals surface area contributed by atoms with E-state index in [2.05, 4.69) is 20.7 Å². The van der Waals surface area contributed by atoms with Gasteiger partial charge >= 0.3 is 5.97 Å². The van der Waals surface area contributed by atoms with Gasteiger partial charge in [0.15, 0.2) is 0 Å². The Bertz CT molecular complexity index is 505. The Balaban J connectivity index is 2.91. The molecule has 4 nitrogen and oxygen atoms in total. The molecule has 20 heavy (non-hydrogen) atoms. The molecule has 0 aliphatic rings. The van der Waals surface area contributed by atoms with Crippen molar-refractivity contribution >= 4 is 27.8 Å². The Labute approximate surface area is 126 Å². The zero-order valence-electron chi connectivity index (χ0n) is 11.7. The number of amides is 1. The van der Waals surface area contributed by atoms with E-state index in [0.29, 0.717) is 10.0 Å². The topological polar surface area (TPSA) is 46.6 Å². The minimum atomic E-state index is -0.418. The SMILES string of the molecule is COC(=O)CCN(C(=O)c1ccc(F)cc1Br)C(C)C. The number of hydrogen-bond donors (Lipinski definition) is 0. The lowest BCUT2D eigenvalue weighted by molar-refractivity contribution is -0.140. The van der Waals surface area contributed by atoms with Gasteiger partial charge in [-0.1, -0.05) is 0 Å². The summed E-state index contributed by atoms with van der Waals surface area (Å²) in [5.41, 5.74) is 0.366. The third-order valence-electron chi connectivity index (χ3n) is 2.83. The van der Waals surface area contributed by atoms with E-state index in [9.17, 15) is 14.0 Å². The van der Waals surface area contributed by atoms with Gasteiger partial charge in [-0.2, -0.15) is 0 Å². The summed E-state index contributed by atoms with van der Waals surface area (Å²) in [5, 5.41) is 0. The maximum Gasteiger partial charge on any atom is 0.307 e. The highest BCUT2D eigenvalue weighted by molar-refractivity contribution is 9.10. The monoisotopic (exact) mass is 345 g/mol. The Morgan fingerprint density at radius 2 is 2.05 bits per heavy atom. The van der Waals surface area contributed by atoms with Crippen molar-refractivity contribution in [2.45, 2.75) is 26.3 Å². The fourth-order valence-electron chi connectivity index (χ4n) is 1.73. The molecule has 1 rings (SSSR count). The minimum Gasteiger partial charge on any atom is -0.469 e. The van der Waals surface area contributed by atoms with E-state index >= 15 is 0 Å². The van der Waals surface area contributed by atoms with Crippen LogP contribution in [0.4, 0.5) is 4.39 Å². The van der Waals surface area contributed by atoms with Crippen LogP contribution < -0.4 is 0 Å². The molecule has 0 radical (unpaired) electrons. The first-order valence-corrected chi connectivity index (χ1v) is 6.99. The molecule has 1 aromatic carbocycles. The van der Waals surface area contributed by atoms with Crippen LogP contribution in [0.5, 0.6) is 0 Å². The highest BCUT2D eigenvalue weighted by atomic mass is 79.9. The lowest BCUT2D eigenvalue weighted by Crippen LogP contribution is -2.38. The second-order valence-corrected chi connectivity index (χ2v) is 5.40. The van der Waals surface area contributed by atoms with Crippen LogP contribution in [0.15, 0.2) is 22.7 Å². The third kappa shape index (κ3) is 4.30. The summed E-state index contributed by atoms with van der Waals surface area (Å²) in [6.45, 7) is 3.96. The molecule has 110 valence electrons. The van der Waals surface area contributed by atoms with E-state index in [-0.39, 0.29) is 30.9 Å². The van der Waals surface area contributed by atoms with Crippen molar-refractivity contribution in [3.8, 4) is 0 Å². The predicted molar refractivity (Wildman–Crippen MR) is 76.9 cm³/mol. The van der Waals surface area contributed by atoms with Crippen molar-refractivity contribution in [1.82, 2.24) is 4.90 Å². The third-order valence-corrected chi connectivity index (χ3v) is 3.49. The molecule has 0 aromatic heterocycles. The van der Waals surface area contributed by atoms with E-state index in [1.54, 1.807) is 4.90 Å². The molecule has 0 aliphatic heterocycles. The molecule has 0 saturated heterocycles. The molecule has 0 spiro atoms. The van der Waals surface area contributed by atoms with E-state index in [0.717, 1.165) is 0 Å². The van der Waals surface area contributed by atoms with Crippen LogP contribution in [0.25, 0.3) is 0 Å². The van der Waals surface area contributed by atoms with Gasteiger partial charge in [0.1, 0.15) is 5.82 Å². The first-order chi connectivity index (χ1) is 9.36. The van der Waals surface area contributed by atoms with Crippen molar-refractivity contribution in [1.29, 1.82) is 0 Å². The summed E-state index contributed by atoms with van der Waals surface area (Å²) in [5.74, 6) is -1.04. The molecule has 1 aromatic rings. The summed E-state index contributed by atoms with van der Waals surface area (Å²) < 4.78 is 18.0. The maximum absolute atomic E-state index is 13.1. The van der Waals surface area contributed by atoms with Crippen LogP contribution in [-0.4, -0.2) is 36.5 Å². The van der Waals surface area contributed by atoms with Gasteiger partial charge in [0, 0.05) is 17.1 Å². The second-order valence-electron chi connectivity index (χ2n) is 4.54. The van der Waals surface area contributed by atoms with Crippen LogP contribution in [0.1, 0.15) is 30.6 Å². The van der Waals surface area contributed by atoms with Gasteiger partial charge in [-0.3, -0.25) is 9.59 Å². The quantitative estimate of drug-likeness (QED) is 0.770. The first kappa shape index (κ1) is 16.6. The van der Waals surface area contributed by atoms with E-state index in [1.807, 2.05) is 13.8 Å². The van der Waals surface area contributed by atoms with Crippen molar-refractivity contribution in [2.75, 3.05) is 13.7 Å². The Kier molecular flexibility index (Phi) is 6.13. The number of benzene rings is 1. The normalized spacial score (nSPS) is 10.5. The van der Waals surface area contributed by atoms with Gasteiger partial charge in [0.2, 0.25) is 0 Å². The molecular formula is C14H17BrFNO3. The molecule has 0 N–H and O–H groups in total. The Morgan fingerprint density at radius 1 is 1.40 bits per heavy atom. The molecule has 0 bridgehead atoms. The van der Waals surface area contributed by atoms with Crippen LogP contribution in [0, 0.1) is 5.82 Å². The lowest BCUT2D eigenvalue weighted by Gasteiger charge is -2.26. The summed E-state index contributed by atoms with van der Waals surface area (Å²) >= 11 is 3.18. The molecule has 6 heteroatoms. The molecule has 0 fully saturated rings. The summed E-state index contributed by atoms with van der Waals surface area (Å²) in [6.07, 6.45) is 0.124. The van der Waals surface area contributed by atoms with Gasteiger partial charge in [0.05, 0.1) is 19.1 Å². The fourth-order valence-corrected chi connectivity index (χ4v) is 2.25. The average molecular weight is 346 g/mol. The summed E-state index contributed by atoms with van der Waals surface area (Å²) in [4.78, 5) is 25.2. The number of carbonyl (C=O) groups is 2. The minimum absolute atomic E-state index is 0.0795. The van der Waals surface area contributed by atoms with Gasteiger partial charge in [-0.15, -0.1) is 0 Å². The molecule has 0 unspecified atom stereocenters. The average Bonchev–Trinajstić information content (AvgIpc) is 2.37. The molecule has 0 atom stereocenters. The van der Waals surface area contributed by atoms with E-state index in [1.165, 1.54) is 25.3 Å².